The molecule has 142 valence electrons. The van der Waals surface area contributed by atoms with Crippen LogP contribution in [0.3, 0.4) is 0 Å². The van der Waals surface area contributed by atoms with Gasteiger partial charge in [0.1, 0.15) is 6.61 Å². The fourth-order valence-corrected chi connectivity index (χ4v) is 3.11. The van der Waals surface area contributed by atoms with Crippen molar-refractivity contribution in [2.45, 2.75) is 26.4 Å². The minimum absolute atomic E-state index is 0.0655. The van der Waals surface area contributed by atoms with E-state index in [-0.39, 0.29) is 17.8 Å². The largest absolute Gasteiger partial charge is 0.473 e. The van der Waals surface area contributed by atoms with E-state index in [4.69, 9.17) is 9.47 Å². The topological polar surface area (TPSA) is 68.7 Å². The Bertz CT molecular complexity index is 771. The van der Waals surface area contributed by atoms with E-state index in [1.54, 1.807) is 30.2 Å². The predicted octanol–water partition coefficient (Wildman–Crippen LogP) is 3.08. The summed E-state index contributed by atoms with van der Waals surface area (Å²) >= 11 is 0. The Morgan fingerprint density at radius 3 is 2.59 bits per heavy atom. The monoisotopic (exact) mass is 368 g/mol. The Morgan fingerprint density at radius 2 is 1.89 bits per heavy atom. The molecular weight excluding hydrogens is 344 g/mol. The average molecular weight is 368 g/mol. The number of hydrogen-bond donors (Lipinski definition) is 0. The maximum absolute atomic E-state index is 12.8. The van der Waals surface area contributed by atoms with Crippen molar-refractivity contribution in [3.8, 4) is 5.88 Å². The number of pyridine rings is 1. The molecule has 0 aliphatic carbocycles. The molecule has 3 rings (SSSR count). The van der Waals surface area contributed by atoms with Gasteiger partial charge in [-0.15, -0.1) is 0 Å². The Labute approximate surface area is 159 Å². The molecular formula is C21H24N2O4. The summed E-state index contributed by atoms with van der Waals surface area (Å²) < 4.78 is 10.8. The van der Waals surface area contributed by atoms with Crippen molar-refractivity contribution < 1.29 is 19.1 Å². The number of hydrogen-bond acceptors (Lipinski definition) is 5. The van der Waals surface area contributed by atoms with E-state index < -0.39 is 0 Å². The van der Waals surface area contributed by atoms with E-state index in [2.05, 4.69) is 4.98 Å². The van der Waals surface area contributed by atoms with Crippen LogP contribution in [0.2, 0.25) is 0 Å². The van der Waals surface area contributed by atoms with Gasteiger partial charge in [0.05, 0.1) is 12.5 Å². The standard InChI is InChI=1S/C21H24N2O4/c1-2-26-21(25)17-9-12-23(13-10-17)20(24)18-8-11-22-19(14-18)27-15-16-6-4-3-5-7-16/h3-8,11,14,17H,2,9-10,12-13,15H2,1H3. The van der Waals surface area contributed by atoms with Gasteiger partial charge in [0, 0.05) is 30.9 Å². The van der Waals surface area contributed by atoms with Gasteiger partial charge in [-0.2, -0.15) is 0 Å². The molecule has 1 aliphatic heterocycles. The normalized spacial score (nSPS) is 14.6. The second kappa shape index (κ2) is 9.16. The van der Waals surface area contributed by atoms with Crippen molar-refractivity contribution in [3.63, 3.8) is 0 Å². The molecule has 1 saturated heterocycles. The first-order valence-corrected chi connectivity index (χ1v) is 9.26. The molecule has 1 aliphatic rings. The molecule has 0 atom stereocenters. The number of benzene rings is 1. The summed E-state index contributed by atoms with van der Waals surface area (Å²) in [5.74, 6) is 0.0803. The van der Waals surface area contributed by atoms with Crippen LogP contribution in [-0.2, 0) is 16.1 Å². The summed E-state index contributed by atoms with van der Waals surface area (Å²) in [6.45, 7) is 3.68. The first-order chi connectivity index (χ1) is 13.2. The molecule has 6 nitrogen and oxygen atoms in total. The summed E-state index contributed by atoms with van der Waals surface area (Å²) in [7, 11) is 0. The van der Waals surface area contributed by atoms with Crippen LogP contribution >= 0.6 is 0 Å². The van der Waals surface area contributed by atoms with Gasteiger partial charge in [0.25, 0.3) is 5.91 Å². The molecule has 0 bridgehead atoms. The summed E-state index contributed by atoms with van der Waals surface area (Å²) in [5, 5.41) is 0. The molecule has 0 spiro atoms. The number of ether oxygens (including phenoxy) is 2. The van der Waals surface area contributed by atoms with Gasteiger partial charge in [0.15, 0.2) is 0 Å². The molecule has 1 fully saturated rings. The number of nitrogens with zero attached hydrogens (tertiary/aromatic N) is 2. The molecule has 1 aromatic heterocycles. The van der Waals surface area contributed by atoms with E-state index in [0.29, 0.717) is 50.6 Å². The smallest absolute Gasteiger partial charge is 0.309 e. The van der Waals surface area contributed by atoms with Crippen molar-refractivity contribution in [2.24, 2.45) is 5.92 Å². The average Bonchev–Trinajstić information content (AvgIpc) is 2.73. The lowest BCUT2D eigenvalue weighted by Gasteiger charge is -2.31. The first-order valence-electron chi connectivity index (χ1n) is 9.26. The molecule has 2 heterocycles. The first kappa shape index (κ1) is 18.9. The Balaban J connectivity index is 1.57. The van der Waals surface area contributed by atoms with Gasteiger partial charge in [-0.3, -0.25) is 9.59 Å². The molecule has 1 amide bonds. The number of esters is 1. The zero-order valence-electron chi connectivity index (χ0n) is 15.5. The molecule has 0 unspecified atom stereocenters. The number of carbonyl (C=O) groups excluding carboxylic acids is 2. The Hall–Kier alpha value is -2.89. The summed E-state index contributed by atoms with van der Waals surface area (Å²) in [6, 6.07) is 13.2. The molecule has 1 aromatic carbocycles. The number of rotatable bonds is 6. The second-order valence-electron chi connectivity index (χ2n) is 6.48. The number of carbonyl (C=O) groups is 2. The van der Waals surface area contributed by atoms with Crippen molar-refractivity contribution in [3.05, 3.63) is 59.8 Å². The predicted molar refractivity (Wildman–Crippen MR) is 100 cm³/mol. The van der Waals surface area contributed by atoms with Crippen LogP contribution < -0.4 is 4.74 Å². The minimum atomic E-state index is -0.162. The Kier molecular flexibility index (Phi) is 6.41. The number of amides is 1. The van der Waals surface area contributed by atoms with Crippen LogP contribution in [0.15, 0.2) is 48.7 Å². The van der Waals surface area contributed by atoms with Gasteiger partial charge < -0.3 is 14.4 Å². The molecule has 27 heavy (non-hydrogen) atoms. The lowest BCUT2D eigenvalue weighted by molar-refractivity contribution is -0.149. The van der Waals surface area contributed by atoms with Gasteiger partial charge in [-0.25, -0.2) is 4.98 Å². The van der Waals surface area contributed by atoms with Crippen LogP contribution in [0.5, 0.6) is 5.88 Å². The van der Waals surface area contributed by atoms with Gasteiger partial charge in [-0.05, 0) is 31.4 Å². The van der Waals surface area contributed by atoms with Crippen molar-refractivity contribution >= 4 is 11.9 Å². The van der Waals surface area contributed by atoms with E-state index in [1.807, 2.05) is 30.3 Å². The lowest BCUT2D eigenvalue weighted by atomic mass is 9.96. The Morgan fingerprint density at radius 1 is 1.15 bits per heavy atom. The third kappa shape index (κ3) is 5.06. The maximum Gasteiger partial charge on any atom is 0.309 e. The summed E-state index contributed by atoms with van der Waals surface area (Å²) in [5.41, 5.74) is 1.58. The summed E-state index contributed by atoms with van der Waals surface area (Å²) in [6.07, 6.45) is 2.85. The molecule has 0 saturated carbocycles. The quantitative estimate of drug-likeness (QED) is 0.733. The highest BCUT2D eigenvalue weighted by atomic mass is 16.5. The molecule has 6 heteroatoms. The van der Waals surface area contributed by atoms with Gasteiger partial charge in [-0.1, -0.05) is 30.3 Å². The van der Waals surface area contributed by atoms with Crippen molar-refractivity contribution in [2.75, 3.05) is 19.7 Å². The lowest BCUT2D eigenvalue weighted by Crippen LogP contribution is -2.40. The zero-order valence-corrected chi connectivity index (χ0v) is 15.5. The van der Waals surface area contributed by atoms with Crippen molar-refractivity contribution in [1.29, 1.82) is 0 Å². The second-order valence-corrected chi connectivity index (χ2v) is 6.48. The number of aromatic nitrogens is 1. The highest BCUT2D eigenvalue weighted by molar-refractivity contribution is 5.94. The van der Waals surface area contributed by atoms with E-state index in [1.165, 1.54) is 0 Å². The maximum atomic E-state index is 12.8. The molecule has 0 N–H and O–H groups in total. The van der Waals surface area contributed by atoms with Crippen LogP contribution in [0.1, 0.15) is 35.7 Å². The number of likely N-dealkylation sites (tertiary alicyclic amines) is 1. The van der Waals surface area contributed by atoms with Crippen LogP contribution in [0, 0.1) is 5.92 Å². The number of piperidine rings is 1. The van der Waals surface area contributed by atoms with Gasteiger partial charge in [0.2, 0.25) is 5.88 Å². The zero-order chi connectivity index (χ0) is 19.1. The highest BCUT2D eigenvalue weighted by Crippen LogP contribution is 2.21. The van der Waals surface area contributed by atoms with E-state index in [0.717, 1.165) is 5.56 Å². The third-order valence-corrected chi connectivity index (χ3v) is 4.61. The SMILES string of the molecule is CCOC(=O)C1CCN(C(=O)c2ccnc(OCc3ccccc3)c2)CC1. The molecule has 2 aromatic rings. The van der Waals surface area contributed by atoms with E-state index in [9.17, 15) is 9.59 Å². The fourth-order valence-electron chi connectivity index (χ4n) is 3.11. The van der Waals surface area contributed by atoms with Crippen LogP contribution in [0.4, 0.5) is 0 Å². The highest BCUT2D eigenvalue weighted by Gasteiger charge is 2.28. The van der Waals surface area contributed by atoms with Gasteiger partial charge >= 0.3 is 5.97 Å². The van der Waals surface area contributed by atoms with Crippen LogP contribution in [-0.4, -0.2) is 41.5 Å². The van der Waals surface area contributed by atoms with Crippen molar-refractivity contribution in [1.82, 2.24) is 9.88 Å². The minimum Gasteiger partial charge on any atom is -0.473 e. The summed E-state index contributed by atoms with van der Waals surface area (Å²) in [4.78, 5) is 30.5. The molecule has 0 radical (unpaired) electrons. The van der Waals surface area contributed by atoms with E-state index >= 15 is 0 Å². The third-order valence-electron chi connectivity index (χ3n) is 4.61. The fraction of sp³-hybridized carbons (Fsp3) is 0.381. The van der Waals surface area contributed by atoms with Crippen LogP contribution in [0.25, 0.3) is 0 Å².